The van der Waals surface area contributed by atoms with Crippen molar-refractivity contribution in [2.24, 2.45) is 0 Å². The van der Waals surface area contributed by atoms with Crippen LogP contribution in [0, 0.1) is 0 Å². The van der Waals surface area contributed by atoms with E-state index in [2.05, 4.69) is 0 Å². The molecule has 3 rings (SSSR count). The van der Waals surface area contributed by atoms with E-state index in [0.717, 1.165) is 11.1 Å². The predicted molar refractivity (Wildman–Crippen MR) is 82.0 cm³/mol. The highest BCUT2D eigenvalue weighted by Gasteiger charge is 2.26. The number of rotatable bonds is 4. The number of aliphatic carboxylic acids is 1. The summed E-state index contributed by atoms with van der Waals surface area (Å²) in [5.74, 6) is -1.04. The number of carbonyl (C=O) groups excluding carboxylic acids is 1. The third-order valence-corrected chi connectivity index (χ3v) is 3.79. The molecule has 1 aliphatic rings. The number of carbonyl (C=O) groups is 2. The van der Waals surface area contributed by atoms with Crippen molar-refractivity contribution < 1.29 is 23.8 Å². The fourth-order valence-electron chi connectivity index (χ4n) is 2.67. The number of morpholine rings is 1. The average Bonchev–Trinajstić information content (AvgIpc) is 3.08. The lowest BCUT2D eigenvalue weighted by Crippen LogP contribution is -2.46. The second-order valence-corrected chi connectivity index (χ2v) is 5.43. The van der Waals surface area contributed by atoms with E-state index in [0.29, 0.717) is 25.3 Å². The Morgan fingerprint density at radius 1 is 1.26 bits per heavy atom. The van der Waals surface area contributed by atoms with Crippen molar-refractivity contribution in [2.45, 2.75) is 12.5 Å². The lowest BCUT2D eigenvalue weighted by Gasteiger charge is -2.32. The van der Waals surface area contributed by atoms with Crippen LogP contribution in [0.5, 0.6) is 0 Å². The van der Waals surface area contributed by atoms with Crippen molar-refractivity contribution >= 4 is 11.9 Å². The fraction of sp³-hybridized carbons (Fsp3) is 0.294. The van der Waals surface area contributed by atoms with E-state index in [1.807, 2.05) is 24.3 Å². The van der Waals surface area contributed by atoms with Crippen LogP contribution in [0.2, 0.25) is 0 Å². The molecule has 6 nitrogen and oxygen atoms in total. The number of hydrogen-bond acceptors (Lipinski definition) is 4. The Morgan fingerprint density at radius 2 is 2.13 bits per heavy atom. The molecule has 6 heteroatoms. The van der Waals surface area contributed by atoms with Gasteiger partial charge in [0.1, 0.15) is 0 Å². The number of benzene rings is 1. The Labute approximate surface area is 133 Å². The molecule has 1 fully saturated rings. The number of nitrogens with zero attached hydrogens (tertiary/aromatic N) is 1. The molecule has 0 aliphatic carbocycles. The minimum atomic E-state index is -0.925. The molecule has 1 atom stereocenters. The van der Waals surface area contributed by atoms with Gasteiger partial charge in [0.05, 0.1) is 31.7 Å². The van der Waals surface area contributed by atoms with Crippen molar-refractivity contribution in [1.82, 2.24) is 4.90 Å². The van der Waals surface area contributed by atoms with Crippen LogP contribution in [-0.4, -0.2) is 47.7 Å². The van der Waals surface area contributed by atoms with E-state index >= 15 is 0 Å². The third kappa shape index (κ3) is 3.60. The van der Waals surface area contributed by atoms with E-state index in [9.17, 15) is 9.59 Å². The van der Waals surface area contributed by atoms with Gasteiger partial charge >= 0.3 is 5.97 Å². The van der Waals surface area contributed by atoms with E-state index in [1.54, 1.807) is 23.5 Å². The molecule has 1 saturated heterocycles. The van der Waals surface area contributed by atoms with Gasteiger partial charge in [-0.3, -0.25) is 9.59 Å². The van der Waals surface area contributed by atoms with Gasteiger partial charge in [-0.15, -0.1) is 0 Å². The molecule has 23 heavy (non-hydrogen) atoms. The summed E-state index contributed by atoms with van der Waals surface area (Å²) in [5.41, 5.74) is 2.38. The van der Waals surface area contributed by atoms with Crippen LogP contribution < -0.4 is 0 Å². The Morgan fingerprint density at radius 3 is 2.87 bits per heavy atom. The van der Waals surface area contributed by atoms with Gasteiger partial charge in [0, 0.05) is 24.2 Å². The summed E-state index contributed by atoms with van der Waals surface area (Å²) in [6, 6.07) is 9.14. The summed E-state index contributed by atoms with van der Waals surface area (Å²) in [4.78, 5) is 25.1. The van der Waals surface area contributed by atoms with Gasteiger partial charge in [-0.05, 0) is 23.8 Å². The maximum atomic E-state index is 12.7. The summed E-state index contributed by atoms with van der Waals surface area (Å²) >= 11 is 0. The number of furan rings is 1. The zero-order valence-electron chi connectivity index (χ0n) is 12.5. The van der Waals surface area contributed by atoms with Crippen molar-refractivity contribution in [3.8, 4) is 11.1 Å². The molecule has 1 amide bonds. The Hall–Kier alpha value is -2.60. The summed E-state index contributed by atoms with van der Waals surface area (Å²) in [6.07, 6.45) is 2.66. The number of ether oxygens (including phenoxy) is 1. The number of hydrogen-bond donors (Lipinski definition) is 1. The minimum Gasteiger partial charge on any atom is -0.481 e. The molecular formula is C17H17NO5. The Kier molecular flexibility index (Phi) is 4.43. The van der Waals surface area contributed by atoms with E-state index < -0.39 is 12.1 Å². The van der Waals surface area contributed by atoms with Crippen molar-refractivity contribution in [3.63, 3.8) is 0 Å². The molecule has 2 heterocycles. The fourth-order valence-corrected chi connectivity index (χ4v) is 2.67. The lowest BCUT2D eigenvalue weighted by atomic mass is 10.0. The first-order valence-electron chi connectivity index (χ1n) is 7.39. The zero-order valence-corrected chi connectivity index (χ0v) is 12.5. The smallest absolute Gasteiger partial charge is 0.306 e. The lowest BCUT2D eigenvalue weighted by molar-refractivity contribution is -0.141. The maximum absolute atomic E-state index is 12.7. The van der Waals surface area contributed by atoms with Gasteiger partial charge in [-0.1, -0.05) is 12.1 Å². The summed E-state index contributed by atoms with van der Waals surface area (Å²) in [6.45, 7) is 1.11. The van der Waals surface area contributed by atoms with Gasteiger partial charge < -0.3 is 19.2 Å². The van der Waals surface area contributed by atoms with Crippen LogP contribution in [0.25, 0.3) is 11.1 Å². The molecule has 1 N–H and O–H groups in total. The molecular weight excluding hydrogens is 298 g/mol. The highest BCUT2D eigenvalue weighted by Crippen LogP contribution is 2.22. The molecule has 0 bridgehead atoms. The quantitative estimate of drug-likeness (QED) is 0.936. The standard InChI is InChI=1S/C17H17NO5/c19-16(20)9-15-10-18(5-7-23-15)17(21)13-3-1-2-12(8-13)14-4-6-22-11-14/h1-4,6,8,11,15H,5,7,9-10H2,(H,19,20)/t15-/m0/s1. The highest BCUT2D eigenvalue weighted by molar-refractivity contribution is 5.95. The third-order valence-electron chi connectivity index (χ3n) is 3.79. The SMILES string of the molecule is O=C(O)C[C@H]1CN(C(=O)c2cccc(-c3ccoc3)c2)CCO1. The Bertz CT molecular complexity index is 695. The maximum Gasteiger partial charge on any atom is 0.306 e. The summed E-state index contributed by atoms with van der Waals surface area (Å²) in [5, 5.41) is 8.86. The molecule has 1 aromatic heterocycles. The molecule has 120 valence electrons. The van der Waals surface area contributed by atoms with Gasteiger partial charge in [-0.2, -0.15) is 0 Å². The first kappa shape index (κ1) is 15.3. The van der Waals surface area contributed by atoms with E-state index in [-0.39, 0.29) is 12.3 Å². The Balaban J connectivity index is 1.75. The largest absolute Gasteiger partial charge is 0.481 e. The van der Waals surface area contributed by atoms with Gasteiger partial charge in [0.15, 0.2) is 0 Å². The topological polar surface area (TPSA) is 80.0 Å². The van der Waals surface area contributed by atoms with Crippen molar-refractivity contribution in [3.05, 3.63) is 48.4 Å². The van der Waals surface area contributed by atoms with Gasteiger partial charge in [-0.25, -0.2) is 0 Å². The van der Waals surface area contributed by atoms with Crippen LogP contribution in [0.15, 0.2) is 47.3 Å². The normalized spacial score (nSPS) is 17.9. The van der Waals surface area contributed by atoms with Crippen LogP contribution in [0.3, 0.4) is 0 Å². The molecule has 2 aromatic rings. The van der Waals surface area contributed by atoms with Crippen LogP contribution in [0.4, 0.5) is 0 Å². The average molecular weight is 315 g/mol. The van der Waals surface area contributed by atoms with E-state index in [1.165, 1.54) is 0 Å². The highest BCUT2D eigenvalue weighted by atomic mass is 16.5. The van der Waals surface area contributed by atoms with Crippen LogP contribution in [-0.2, 0) is 9.53 Å². The number of carboxylic acids is 1. The second-order valence-electron chi connectivity index (χ2n) is 5.43. The minimum absolute atomic E-state index is 0.0984. The summed E-state index contributed by atoms with van der Waals surface area (Å²) < 4.78 is 10.5. The van der Waals surface area contributed by atoms with E-state index in [4.69, 9.17) is 14.3 Å². The second kappa shape index (κ2) is 6.66. The van der Waals surface area contributed by atoms with Crippen molar-refractivity contribution in [2.75, 3.05) is 19.7 Å². The zero-order chi connectivity index (χ0) is 16.2. The number of carboxylic acid groups (broad SMARTS) is 1. The first-order valence-corrected chi connectivity index (χ1v) is 7.39. The van der Waals surface area contributed by atoms with Gasteiger partial charge in [0.2, 0.25) is 0 Å². The molecule has 0 unspecified atom stereocenters. The molecule has 1 aromatic carbocycles. The van der Waals surface area contributed by atoms with Crippen LogP contribution >= 0.6 is 0 Å². The number of amides is 1. The van der Waals surface area contributed by atoms with Crippen molar-refractivity contribution in [1.29, 1.82) is 0 Å². The summed E-state index contributed by atoms with van der Waals surface area (Å²) in [7, 11) is 0. The predicted octanol–water partition coefficient (Wildman–Crippen LogP) is 2.26. The molecule has 0 radical (unpaired) electrons. The molecule has 1 aliphatic heterocycles. The molecule has 0 spiro atoms. The molecule has 0 saturated carbocycles. The van der Waals surface area contributed by atoms with Crippen LogP contribution in [0.1, 0.15) is 16.8 Å². The monoisotopic (exact) mass is 315 g/mol. The first-order chi connectivity index (χ1) is 11.1. The van der Waals surface area contributed by atoms with Gasteiger partial charge in [0.25, 0.3) is 5.91 Å².